The van der Waals surface area contributed by atoms with Crippen LogP contribution in [0.1, 0.15) is 57.2 Å². The summed E-state index contributed by atoms with van der Waals surface area (Å²) in [6.07, 6.45) is 9.24. The van der Waals surface area contributed by atoms with Crippen molar-refractivity contribution in [3.63, 3.8) is 0 Å². The first kappa shape index (κ1) is 21.6. The van der Waals surface area contributed by atoms with Gasteiger partial charge in [0, 0.05) is 0 Å². The van der Waals surface area contributed by atoms with E-state index in [1.165, 1.54) is 33.4 Å². The molecule has 0 saturated carbocycles. The summed E-state index contributed by atoms with van der Waals surface area (Å²) in [5.74, 6) is 0. The first-order chi connectivity index (χ1) is 16.4. The Labute approximate surface area is 203 Å². The Hall–Kier alpha value is -2.88. The molecule has 0 amide bonds. The molecule has 0 N–H and O–H groups in total. The maximum atomic E-state index is 6.56. The second kappa shape index (κ2) is 7.56. The predicted molar refractivity (Wildman–Crippen MR) is 140 cm³/mol. The van der Waals surface area contributed by atoms with Gasteiger partial charge in [0.05, 0.1) is 16.6 Å². The van der Waals surface area contributed by atoms with E-state index < -0.39 is 7.12 Å². The van der Waals surface area contributed by atoms with Crippen molar-refractivity contribution < 1.29 is 9.31 Å². The van der Waals surface area contributed by atoms with Crippen molar-refractivity contribution in [2.75, 3.05) is 0 Å². The highest BCUT2D eigenvalue weighted by atomic mass is 16.7. The van der Waals surface area contributed by atoms with Gasteiger partial charge in [-0.25, -0.2) is 0 Å². The van der Waals surface area contributed by atoms with E-state index >= 15 is 0 Å². The Morgan fingerprint density at radius 3 is 2.09 bits per heavy atom. The first-order valence-electron chi connectivity index (χ1n) is 12.4. The molecule has 34 heavy (non-hydrogen) atoms. The highest BCUT2D eigenvalue weighted by Crippen LogP contribution is 2.56. The van der Waals surface area contributed by atoms with Crippen LogP contribution in [0.2, 0.25) is 0 Å². The number of benzene rings is 3. The lowest BCUT2D eigenvalue weighted by molar-refractivity contribution is 0.00578. The number of allylic oxidation sites excluding steroid dienone is 4. The van der Waals surface area contributed by atoms with Gasteiger partial charge in [-0.2, -0.15) is 0 Å². The minimum absolute atomic E-state index is 0.357. The average molecular weight is 446 g/mol. The quantitative estimate of drug-likeness (QED) is 0.424. The van der Waals surface area contributed by atoms with E-state index in [2.05, 4.69) is 119 Å². The van der Waals surface area contributed by atoms with Gasteiger partial charge in [-0.1, -0.05) is 91.0 Å². The van der Waals surface area contributed by atoms with Crippen molar-refractivity contribution in [1.82, 2.24) is 0 Å². The molecule has 3 aromatic rings. The monoisotopic (exact) mass is 446 g/mol. The molecule has 1 unspecified atom stereocenters. The van der Waals surface area contributed by atoms with Crippen LogP contribution >= 0.6 is 0 Å². The number of hydrogen-bond donors (Lipinski definition) is 0. The fraction of sp³-hybridized carbons (Fsp3) is 0.290. The summed E-state index contributed by atoms with van der Waals surface area (Å²) in [5.41, 5.74) is 7.79. The van der Waals surface area contributed by atoms with Crippen LogP contribution < -0.4 is 5.46 Å². The van der Waals surface area contributed by atoms with Gasteiger partial charge in [-0.3, -0.25) is 0 Å². The largest absolute Gasteiger partial charge is 0.495 e. The van der Waals surface area contributed by atoms with Crippen LogP contribution in [-0.2, 0) is 14.7 Å². The van der Waals surface area contributed by atoms with Crippen molar-refractivity contribution in [3.05, 3.63) is 113 Å². The second-order valence-electron chi connectivity index (χ2n) is 10.7. The Morgan fingerprint density at radius 1 is 0.706 bits per heavy atom. The summed E-state index contributed by atoms with van der Waals surface area (Å²) in [7, 11) is -0.407. The van der Waals surface area contributed by atoms with Gasteiger partial charge in [0.25, 0.3) is 0 Å². The Morgan fingerprint density at radius 2 is 1.38 bits per heavy atom. The molecular weight excluding hydrogens is 415 g/mol. The molecule has 1 fully saturated rings. The summed E-state index contributed by atoms with van der Waals surface area (Å²) >= 11 is 0. The van der Waals surface area contributed by atoms with Crippen molar-refractivity contribution in [2.24, 2.45) is 0 Å². The first-order valence-corrected chi connectivity index (χ1v) is 12.4. The molecule has 3 aromatic carbocycles. The molecule has 6 rings (SSSR count). The highest BCUT2D eigenvalue weighted by Gasteiger charge is 2.54. The van der Waals surface area contributed by atoms with Crippen LogP contribution in [0.4, 0.5) is 0 Å². The van der Waals surface area contributed by atoms with E-state index in [4.69, 9.17) is 9.31 Å². The lowest BCUT2D eigenvalue weighted by Crippen LogP contribution is -2.41. The van der Waals surface area contributed by atoms with Crippen molar-refractivity contribution in [2.45, 2.75) is 57.2 Å². The van der Waals surface area contributed by atoms with Gasteiger partial charge in [0.1, 0.15) is 0 Å². The average Bonchev–Trinajstić information content (AvgIpc) is 3.27. The zero-order valence-electron chi connectivity index (χ0n) is 20.5. The van der Waals surface area contributed by atoms with E-state index in [9.17, 15) is 0 Å². The Kier molecular flexibility index (Phi) is 4.82. The zero-order chi connectivity index (χ0) is 23.6. The van der Waals surface area contributed by atoms with E-state index in [0.29, 0.717) is 0 Å². The zero-order valence-corrected chi connectivity index (χ0v) is 20.5. The standard InChI is InChI=1S/C31H31BO2/c1-29(2)30(3,4)34-32(33-29)27-21-13-20-26-28(27)24-18-11-12-19-25(24)31(26,22-14-7-5-8-15-22)23-16-9-6-10-17-23/h5,7-9,11-21H,6,10H2,1-4H3. The number of fused-ring (bicyclic) bond motifs is 3. The maximum absolute atomic E-state index is 6.56. The van der Waals surface area contributed by atoms with E-state index in [0.717, 1.165) is 18.3 Å². The molecule has 1 saturated heterocycles. The van der Waals surface area contributed by atoms with Crippen molar-refractivity contribution in [1.29, 1.82) is 0 Å². The molecule has 2 nitrogen and oxygen atoms in total. The number of rotatable bonds is 3. The SMILES string of the molecule is CC1(C)OB(c2cccc3c2-c2ccccc2C3(C2=CCCC=C2)c2ccccc2)OC1(C)C. The molecule has 0 bridgehead atoms. The summed E-state index contributed by atoms with van der Waals surface area (Å²) < 4.78 is 13.1. The highest BCUT2D eigenvalue weighted by molar-refractivity contribution is 6.64. The van der Waals surface area contributed by atoms with Gasteiger partial charge in [0.15, 0.2) is 0 Å². The number of hydrogen-bond acceptors (Lipinski definition) is 2. The Bertz CT molecular complexity index is 1300. The van der Waals surface area contributed by atoms with Crippen LogP contribution in [0.15, 0.2) is 96.6 Å². The lowest BCUT2D eigenvalue weighted by atomic mass is 9.65. The minimum Gasteiger partial charge on any atom is -0.399 e. The molecule has 3 aliphatic rings. The molecule has 3 heteroatoms. The van der Waals surface area contributed by atoms with E-state index in [1.54, 1.807) is 0 Å². The van der Waals surface area contributed by atoms with Gasteiger partial charge in [0.2, 0.25) is 0 Å². The predicted octanol–water partition coefficient (Wildman–Crippen LogP) is 6.58. The van der Waals surface area contributed by atoms with E-state index in [-0.39, 0.29) is 16.6 Å². The van der Waals surface area contributed by atoms with Crippen LogP contribution in [0.3, 0.4) is 0 Å². The summed E-state index contributed by atoms with van der Waals surface area (Å²) in [5, 5.41) is 0. The lowest BCUT2D eigenvalue weighted by Gasteiger charge is -2.35. The molecular formula is C31H31BO2. The molecule has 170 valence electrons. The van der Waals surface area contributed by atoms with Crippen LogP contribution in [0.25, 0.3) is 11.1 Å². The third-order valence-corrected chi connectivity index (χ3v) is 8.24. The molecule has 0 aromatic heterocycles. The molecule has 1 heterocycles. The van der Waals surface area contributed by atoms with Crippen LogP contribution in [-0.4, -0.2) is 18.3 Å². The van der Waals surface area contributed by atoms with Gasteiger partial charge in [-0.05, 0) is 79.4 Å². The molecule has 1 aliphatic heterocycles. The summed E-state index contributed by atoms with van der Waals surface area (Å²) in [4.78, 5) is 0. The fourth-order valence-corrected chi connectivity index (χ4v) is 5.89. The van der Waals surface area contributed by atoms with E-state index in [1.807, 2.05) is 0 Å². The molecule has 1 atom stereocenters. The van der Waals surface area contributed by atoms with Crippen molar-refractivity contribution in [3.8, 4) is 11.1 Å². The fourth-order valence-electron chi connectivity index (χ4n) is 5.89. The van der Waals surface area contributed by atoms with Gasteiger partial charge in [-0.15, -0.1) is 0 Å². The molecule has 0 radical (unpaired) electrons. The maximum Gasteiger partial charge on any atom is 0.495 e. The Balaban J connectivity index is 1.66. The smallest absolute Gasteiger partial charge is 0.399 e. The third-order valence-electron chi connectivity index (χ3n) is 8.24. The minimum atomic E-state index is -0.407. The third kappa shape index (κ3) is 2.90. The second-order valence-corrected chi connectivity index (χ2v) is 10.7. The molecule has 0 spiro atoms. The normalized spacial score (nSPS) is 24.0. The van der Waals surface area contributed by atoms with Gasteiger partial charge >= 0.3 is 7.12 Å². The van der Waals surface area contributed by atoms with Crippen LogP contribution in [0, 0.1) is 0 Å². The van der Waals surface area contributed by atoms with Crippen molar-refractivity contribution >= 4 is 12.6 Å². The van der Waals surface area contributed by atoms with Crippen LogP contribution in [0.5, 0.6) is 0 Å². The topological polar surface area (TPSA) is 18.5 Å². The molecule has 2 aliphatic carbocycles. The summed E-state index contributed by atoms with van der Waals surface area (Å²) in [6.45, 7) is 8.48. The summed E-state index contributed by atoms with van der Waals surface area (Å²) in [6, 6.07) is 26.5. The van der Waals surface area contributed by atoms with Gasteiger partial charge < -0.3 is 9.31 Å².